The predicted molar refractivity (Wildman–Crippen MR) is 127 cm³/mol. The van der Waals surface area contributed by atoms with Gasteiger partial charge in [-0.25, -0.2) is 4.39 Å². The summed E-state index contributed by atoms with van der Waals surface area (Å²) in [6.45, 7) is 2.53. The van der Waals surface area contributed by atoms with Crippen LogP contribution in [0.2, 0.25) is 0 Å². The molecule has 1 aromatic rings. The zero-order chi connectivity index (χ0) is 27.5. The van der Waals surface area contributed by atoms with Gasteiger partial charge >= 0.3 is 5.97 Å². The lowest BCUT2D eigenvalue weighted by Gasteiger charge is -2.27. The molecule has 0 saturated carbocycles. The fourth-order valence-corrected chi connectivity index (χ4v) is 3.81. The maximum absolute atomic E-state index is 14.6. The second-order valence-corrected chi connectivity index (χ2v) is 8.34. The van der Waals surface area contributed by atoms with Crippen LogP contribution in [-0.2, 0) is 33.3 Å². The number of carbonyl (C=O) groups is 5. The number of halogens is 1. The number of fused-ring (bicyclic) bond motifs is 1. The summed E-state index contributed by atoms with van der Waals surface area (Å²) in [5.74, 6) is -4.35. The zero-order valence-electron chi connectivity index (χ0n) is 20.7. The van der Waals surface area contributed by atoms with Gasteiger partial charge in [-0.15, -0.1) is 0 Å². The Morgan fingerprint density at radius 1 is 0.921 bits per heavy atom. The molecule has 1 fully saturated rings. The summed E-state index contributed by atoms with van der Waals surface area (Å²) in [4.78, 5) is 60.2. The third kappa shape index (κ3) is 8.02. The number of hydrogen-bond acceptors (Lipinski definition) is 10. The Morgan fingerprint density at radius 2 is 1.47 bits per heavy atom. The van der Waals surface area contributed by atoms with E-state index in [4.69, 9.17) is 24.1 Å². The normalized spacial score (nSPS) is 17.1. The number of benzene rings is 1. The molecule has 13 nitrogen and oxygen atoms in total. The van der Waals surface area contributed by atoms with Crippen LogP contribution in [0.5, 0.6) is 0 Å². The van der Waals surface area contributed by atoms with Crippen LogP contribution < -0.4 is 10.6 Å². The van der Waals surface area contributed by atoms with Crippen LogP contribution in [0.3, 0.4) is 0 Å². The van der Waals surface area contributed by atoms with Crippen molar-refractivity contribution in [2.75, 3.05) is 64.7 Å². The maximum Gasteiger partial charge on any atom is 0.305 e. The van der Waals surface area contributed by atoms with E-state index in [1.807, 2.05) is 0 Å². The van der Waals surface area contributed by atoms with Gasteiger partial charge in [-0.05, 0) is 18.6 Å². The van der Waals surface area contributed by atoms with E-state index in [9.17, 15) is 28.4 Å². The number of rotatable bonds is 17. The molecule has 2 aliphatic rings. The molecule has 1 unspecified atom stereocenters. The lowest BCUT2D eigenvalue weighted by molar-refractivity contribution is -0.138. The average molecular weight is 540 g/mol. The van der Waals surface area contributed by atoms with Crippen LogP contribution in [0.15, 0.2) is 12.1 Å². The minimum absolute atomic E-state index is 0.00317. The first-order valence-corrected chi connectivity index (χ1v) is 12.1. The fraction of sp³-hybridized carbons (Fsp3) is 0.542. The molecule has 0 bridgehead atoms. The molecule has 1 atom stereocenters. The van der Waals surface area contributed by atoms with Gasteiger partial charge in [0.25, 0.3) is 11.8 Å². The SMILES string of the molecule is O=C(O)CCOCCOCCOCCOCCNc1cc2c(cc1F)C(=O)N(C1CCC(=O)NC1=O)C2=O. The molecular formula is C24H30FN3O10. The highest BCUT2D eigenvalue weighted by molar-refractivity contribution is 6.23. The van der Waals surface area contributed by atoms with Crippen molar-refractivity contribution in [1.29, 1.82) is 0 Å². The van der Waals surface area contributed by atoms with E-state index in [1.54, 1.807) is 0 Å². The number of anilines is 1. The van der Waals surface area contributed by atoms with E-state index >= 15 is 0 Å². The molecule has 4 amide bonds. The topological polar surface area (TPSA) is 170 Å². The van der Waals surface area contributed by atoms with Gasteiger partial charge in [0.15, 0.2) is 0 Å². The Morgan fingerprint density at radius 3 is 2.05 bits per heavy atom. The maximum atomic E-state index is 14.6. The number of aliphatic carboxylic acids is 1. The Labute approximate surface area is 217 Å². The molecule has 2 heterocycles. The predicted octanol–water partition coefficient (Wildman–Crippen LogP) is 0.180. The van der Waals surface area contributed by atoms with Crippen LogP contribution in [0, 0.1) is 5.82 Å². The van der Waals surface area contributed by atoms with E-state index in [2.05, 4.69) is 10.6 Å². The van der Waals surface area contributed by atoms with Crippen molar-refractivity contribution in [2.24, 2.45) is 0 Å². The van der Waals surface area contributed by atoms with Gasteiger partial charge in [-0.3, -0.25) is 34.2 Å². The molecule has 0 spiro atoms. The van der Waals surface area contributed by atoms with Gasteiger partial charge in [0.05, 0.1) is 76.1 Å². The summed E-state index contributed by atoms with van der Waals surface area (Å²) >= 11 is 0. The first kappa shape index (κ1) is 29.1. The standard InChI is InChI=1S/C24H30FN3O10/c25-17-13-15-16(24(34)28(23(15)33)19-1-2-20(29)27-22(19)32)14-18(17)26-4-6-36-8-10-38-12-11-37-9-7-35-5-3-21(30)31/h13-14,19,26H,1-12H2,(H,30,31)(H,27,29,32). The Balaban J connectivity index is 1.31. The molecule has 2 aliphatic heterocycles. The molecule has 3 N–H and O–H groups in total. The Bertz CT molecular complexity index is 1050. The highest BCUT2D eigenvalue weighted by Gasteiger charge is 2.45. The van der Waals surface area contributed by atoms with E-state index in [1.165, 1.54) is 6.07 Å². The summed E-state index contributed by atoms with van der Waals surface area (Å²) in [6.07, 6.45) is -0.0352. The number of amides is 4. The van der Waals surface area contributed by atoms with E-state index in [0.29, 0.717) is 39.6 Å². The molecular weight excluding hydrogens is 509 g/mol. The Hall–Kier alpha value is -3.46. The molecule has 0 aromatic heterocycles. The second kappa shape index (κ2) is 14.5. The van der Waals surface area contributed by atoms with Gasteiger partial charge in [0.2, 0.25) is 11.8 Å². The first-order chi connectivity index (χ1) is 18.3. The molecule has 208 valence electrons. The monoisotopic (exact) mass is 539 g/mol. The molecule has 14 heteroatoms. The third-order valence-electron chi connectivity index (χ3n) is 5.67. The number of nitrogens with one attached hydrogen (secondary N) is 2. The van der Waals surface area contributed by atoms with Gasteiger partial charge in [0.1, 0.15) is 11.9 Å². The summed E-state index contributed by atoms with van der Waals surface area (Å²) in [5, 5.41) is 13.4. The minimum Gasteiger partial charge on any atom is -0.481 e. The van der Waals surface area contributed by atoms with E-state index in [-0.39, 0.29) is 55.8 Å². The highest BCUT2D eigenvalue weighted by atomic mass is 19.1. The zero-order valence-corrected chi connectivity index (χ0v) is 20.7. The van der Waals surface area contributed by atoms with Crippen molar-refractivity contribution in [3.05, 3.63) is 29.1 Å². The third-order valence-corrected chi connectivity index (χ3v) is 5.67. The van der Waals surface area contributed by atoms with Gasteiger partial charge in [0, 0.05) is 13.0 Å². The van der Waals surface area contributed by atoms with Crippen LogP contribution in [0.1, 0.15) is 40.0 Å². The molecule has 0 radical (unpaired) electrons. The van der Waals surface area contributed by atoms with Crippen molar-refractivity contribution in [1.82, 2.24) is 10.2 Å². The number of carbonyl (C=O) groups excluding carboxylic acids is 4. The van der Waals surface area contributed by atoms with E-state index in [0.717, 1.165) is 11.0 Å². The van der Waals surface area contributed by atoms with Crippen LogP contribution in [-0.4, -0.2) is 105 Å². The lowest BCUT2D eigenvalue weighted by Crippen LogP contribution is -2.54. The van der Waals surface area contributed by atoms with Crippen LogP contribution in [0.25, 0.3) is 0 Å². The smallest absolute Gasteiger partial charge is 0.305 e. The van der Waals surface area contributed by atoms with Crippen molar-refractivity contribution in [3.8, 4) is 0 Å². The summed E-state index contributed by atoms with van der Waals surface area (Å²) in [7, 11) is 0. The average Bonchev–Trinajstić information content (AvgIpc) is 3.10. The summed E-state index contributed by atoms with van der Waals surface area (Å²) in [5.41, 5.74) is -0.142. The van der Waals surface area contributed by atoms with Crippen LogP contribution >= 0.6 is 0 Å². The van der Waals surface area contributed by atoms with Crippen LogP contribution in [0.4, 0.5) is 10.1 Å². The first-order valence-electron chi connectivity index (χ1n) is 12.1. The molecule has 38 heavy (non-hydrogen) atoms. The second-order valence-electron chi connectivity index (χ2n) is 8.34. The summed E-state index contributed by atoms with van der Waals surface area (Å²) in [6, 6.07) is 1.08. The number of carboxylic acid groups (broad SMARTS) is 1. The highest BCUT2D eigenvalue weighted by Crippen LogP contribution is 2.31. The molecule has 1 saturated heterocycles. The van der Waals surface area contributed by atoms with Crippen molar-refractivity contribution >= 4 is 35.3 Å². The number of imide groups is 2. The quantitative estimate of drug-likeness (QED) is 0.182. The van der Waals surface area contributed by atoms with Gasteiger partial charge in [-0.1, -0.05) is 0 Å². The summed E-state index contributed by atoms with van der Waals surface area (Å²) < 4.78 is 35.7. The number of piperidine rings is 1. The number of hydrogen-bond donors (Lipinski definition) is 3. The lowest BCUT2D eigenvalue weighted by atomic mass is 10.0. The number of nitrogens with zero attached hydrogens (tertiary/aromatic N) is 1. The minimum atomic E-state index is -1.12. The fourth-order valence-electron chi connectivity index (χ4n) is 3.81. The largest absolute Gasteiger partial charge is 0.481 e. The van der Waals surface area contributed by atoms with E-state index < -0.39 is 41.5 Å². The number of ether oxygens (including phenoxy) is 4. The van der Waals surface area contributed by atoms with Crippen molar-refractivity contribution in [3.63, 3.8) is 0 Å². The van der Waals surface area contributed by atoms with Crippen molar-refractivity contribution in [2.45, 2.75) is 25.3 Å². The van der Waals surface area contributed by atoms with Gasteiger partial charge in [-0.2, -0.15) is 0 Å². The number of carboxylic acids is 1. The molecule has 0 aliphatic carbocycles. The van der Waals surface area contributed by atoms with Gasteiger partial charge < -0.3 is 29.4 Å². The molecule has 3 rings (SSSR count). The Kier molecular flexibility index (Phi) is 11.1. The molecule has 1 aromatic carbocycles. The van der Waals surface area contributed by atoms with Crippen molar-refractivity contribution < 1.29 is 52.4 Å².